The predicted octanol–water partition coefficient (Wildman–Crippen LogP) is 2.90. The van der Waals surface area contributed by atoms with Crippen LogP contribution in [0.4, 0.5) is 0 Å². The van der Waals surface area contributed by atoms with Crippen molar-refractivity contribution in [3.05, 3.63) is 11.1 Å². The van der Waals surface area contributed by atoms with Crippen molar-refractivity contribution < 1.29 is 5.11 Å². The molecule has 0 saturated heterocycles. The van der Waals surface area contributed by atoms with Crippen molar-refractivity contribution in [3.63, 3.8) is 0 Å². The summed E-state index contributed by atoms with van der Waals surface area (Å²) in [6, 6.07) is 0. The van der Waals surface area contributed by atoms with E-state index in [1.165, 1.54) is 19.3 Å². The SMILES string of the molecule is CC1CCC2=C(C1)CC(C)(CO)C2. The Labute approximate surface area is 80.8 Å². The van der Waals surface area contributed by atoms with Crippen LogP contribution in [0.25, 0.3) is 0 Å². The molecule has 0 heterocycles. The van der Waals surface area contributed by atoms with Gasteiger partial charge in [-0.25, -0.2) is 0 Å². The second kappa shape index (κ2) is 3.13. The van der Waals surface area contributed by atoms with E-state index in [1.54, 1.807) is 11.1 Å². The largest absolute Gasteiger partial charge is 0.396 e. The van der Waals surface area contributed by atoms with E-state index in [2.05, 4.69) is 13.8 Å². The number of hydrogen-bond donors (Lipinski definition) is 1. The highest BCUT2D eigenvalue weighted by Gasteiger charge is 2.35. The van der Waals surface area contributed by atoms with Gasteiger partial charge in [-0.3, -0.25) is 0 Å². The molecular weight excluding hydrogens is 160 g/mol. The van der Waals surface area contributed by atoms with Crippen LogP contribution in [-0.4, -0.2) is 11.7 Å². The molecule has 0 aliphatic heterocycles. The first-order valence-corrected chi connectivity index (χ1v) is 5.43. The molecule has 74 valence electrons. The van der Waals surface area contributed by atoms with Gasteiger partial charge in [-0.2, -0.15) is 0 Å². The van der Waals surface area contributed by atoms with Gasteiger partial charge in [0.25, 0.3) is 0 Å². The highest BCUT2D eigenvalue weighted by atomic mass is 16.3. The van der Waals surface area contributed by atoms with E-state index in [0.717, 1.165) is 18.8 Å². The van der Waals surface area contributed by atoms with E-state index in [-0.39, 0.29) is 5.41 Å². The van der Waals surface area contributed by atoms with Gasteiger partial charge < -0.3 is 5.11 Å². The van der Waals surface area contributed by atoms with Gasteiger partial charge in [0, 0.05) is 6.61 Å². The van der Waals surface area contributed by atoms with Crippen LogP contribution < -0.4 is 0 Å². The molecule has 0 aromatic rings. The summed E-state index contributed by atoms with van der Waals surface area (Å²) in [5, 5.41) is 9.31. The number of aliphatic hydroxyl groups is 1. The second-order valence-corrected chi connectivity index (χ2v) is 5.38. The maximum absolute atomic E-state index is 9.31. The topological polar surface area (TPSA) is 20.2 Å². The fourth-order valence-electron chi connectivity index (χ4n) is 2.88. The van der Waals surface area contributed by atoms with Crippen LogP contribution in [-0.2, 0) is 0 Å². The van der Waals surface area contributed by atoms with Crippen LogP contribution in [0.2, 0.25) is 0 Å². The van der Waals surface area contributed by atoms with E-state index in [0.29, 0.717) is 6.61 Å². The normalized spacial score (nSPS) is 39.5. The minimum atomic E-state index is 0.189. The predicted molar refractivity (Wildman–Crippen MR) is 54.5 cm³/mol. The molecule has 1 N–H and O–H groups in total. The van der Waals surface area contributed by atoms with Crippen molar-refractivity contribution in [1.29, 1.82) is 0 Å². The van der Waals surface area contributed by atoms with Crippen molar-refractivity contribution in [2.45, 2.75) is 46.0 Å². The molecule has 2 atom stereocenters. The van der Waals surface area contributed by atoms with Crippen molar-refractivity contribution >= 4 is 0 Å². The number of allylic oxidation sites excluding steroid dienone is 2. The van der Waals surface area contributed by atoms with Crippen LogP contribution in [0.15, 0.2) is 11.1 Å². The summed E-state index contributed by atoms with van der Waals surface area (Å²) in [6.45, 7) is 4.92. The Bertz CT molecular complexity index is 242. The Morgan fingerprint density at radius 2 is 2.08 bits per heavy atom. The summed E-state index contributed by atoms with van der Waals surface area (Å²) in [4.78, 5) is 0. The first kappa shape index (κ1) is 9.26. The fourth-order valence-corrected chi connectivity index (χ4v) is 2.88. The van der Waals surface area contributed by atoms with E-state index in [1.807, 2.05) is 0 Å². The maximum Gasteiger partial charge on any atom is 0.0490 e. The zero-order valence-corrected chi connectivity index (χ0v) is 8.77. The smallest absolute Gasteiger partial charge is 0.0490 e. The van der Waals surface area contributed by atoms with Gasteiger partial charge in [0.05, 0.1) is 0 Å². The highest BCUT2D eigenvalue weighted by Crippen LogP contribution is 2.48. The van der Waals surface area contributed by atoms with Crippen LogP contribution in [0, 0.1) is 11.3 Å². The van der Waals surface area contributed by atoms with Crippen LogP contribution in [0.1, 0.15) is 46.0 Å². The number of aliphatic hydroxyl groups excluding tert-OH is 1. The summed E-state index contributed by atoms with van der Waals surface area (Å²) < 4.78 is 0. The highest BCUT2D eigenvalue weighted by molar-refractivity contribution is 5.26. The van der Waals surface area contributed by atoms with Gasteiger partial charge in [-0.15, -0.1) is 0 Å². The third kappa shape index (κ3) is 1.67. The zero-order chi connectivity index (χ0) is 9.47. The monoisotopic (exact) mass is 180 g/mol. The summed E-state index contributed by atoms with van der Waals surface area (Å²) in [7, 11) is 0. The quantitative estimate of drug-likeness (QED) is 0.615. The molecule has 0 fully saturated rings. The Kier molecular flexibility index (Phi) is 2.23. The first-order valence-electron chi connectivity index (χ1n) is 5.43. The van der Waals surface area contributed by atoms with E-state index in [4.69, 9.17) is 0 Å². The fraction of sp³-hybridized carbons (Fsp3) is 0.833. The van der Waals surface area contributed by atoms with Gasteiger partial charge in [0.2, 0.25) is 0 Å². The lowest BCUT2D eigenvalue weighted by atomic mass is 9.86. The minimum absolute atomic E-state index is 0.189. The third-order valence-corrected chi connectivity index (χ3v) is 3.70. The first-order chi connectivity index (χ1) is 6.13. The molecule has 1 heteroatoms. The van der Waals surface area contributed by atoms with E-state index >= 15 is 0 Å². The van der Waals surface area contributed by atoms with E-state index in [9.17, 15) is 5.11 Å². The molecule has 13 heavy (non-hydrogen) atoms. The van der Waals surface area contributed by atoms with Crippen LogP contribution >= 0.6 is 0 Å². The summed E-state index contributed by atoms with van der Waals surface area (Å²) in [5.41, 5.74) is 3.54. The van der Waals surface area contributed by atoms with E-state index < -0.39 is 0 Å². The molecule has 0 aromatic carbocycles. The molecule has 0 bridgehead atoms. The average molecular weight is 180 g/mol. The van der Waals surface area contributed by atoms with Crippen molar-refractivity contribution in [2.75, 3.05) is 6.61 Å². The standard InChI is InChI=1S/C12H20O/c1-9-3-4-10-6-12(2,8-13)7-11(10)5-9/h9,13H,3-8H2,1-2H3. The summed E-state index contributed by atoms with van der Waals surface area (Å²) >= 11 is 0. The van der Waals surface area contributed by atoms with Crippen molar-refractivity contribution in [3.8, 4) is 0 Å². The molecule has 0 saturated carbocycles. The molecule has 2 rings (SSSR count). The molecule has 0 amide bonds. The molecule has 2 aliphatic carbocycles. The van der Waals surface area contributed by atoms with Gasteiger partial charge in [-0.1, -0.05) is 25.0 Å². The Morgan fingerprint density at radius 1 is 1.38 bits per heavy atom. The van der Waals surface area contributed by atoms with Gasteiger partial charge in [0.1, 0.15) is 0 Å². The zero-order valence-electron chi connectivity index (χ0n) is 8.77. The molecular formula is C12H20O. The lowest BCUT2D eigenvalue weighted by Crippen LogP contribution is -2.17. The lowest BCUT2D eigenvalue weighted by molar-refractivity contribution is 0.151. The average Bonchev–Trinajstić information content (AvgIpc) is 2.42. The van der Waals surface area contributed by atoms with Gasteiger partial charge in [0.15, 0.2) is 0 Å². The van der Waals surface area contributed by atoms with Crippen molar-refractivity contribution in [1.82, 2.24) is 0 Å². The lowest BCUT2D eigenvalue weighted by Gasteiger charge is -2.20. The Balaban J connectivity index is 2.10. The van der Waals surface area contributed by atoms with Crippen molar-refractivity contribution in [2.24, 2.45) is 11.3 Å². The van der Waals surface area contributed by atoms with Gasteiger partial charge >= 0.3 is 0 Å². The molecule has 0 spiro atoms. The molecule has 2 unspecified atom stereocenters. The Morgan fingerprint density at radius 3 is 2.77 bits per heavy atom. The minimum Gasteiger partial charge on any atom is -0.396 e. The molecule has 0 radical (unpaired) electrons. The van der Waals surface area contributed by atoms with Crippen LogP contribution in [0.5, 0.6) is 0 Å². The van der Waals surface area contributed by atoms with Crippen LogP contribution in [0.3, 0.4) is 0 Å². The summed E-state index contributed by atoms with van der Waals surface area (Å²) in [5.74, 6) is 0.875. The summed E-state index contributed by atoms with van der Waals surface area (Å²) in [6.07, 6.45) is 6.27. The number of rotatable bonds is 1. The Hall–Kier alpha value is -0.300. The second-order valence-electron chi connectivity index (χ2n) is 5.38. The maximum atomic E-state index is 9.31. The molecule has 1 nitrogen and oxygen atoms in total. The number of hydrogen-bond acceptors (Lipinski definition) is 1. The molecule has 2 aliphatic rings. The molecule has 0 aromatic heterocycles. The van der Waals surface area contributed by atoms with Gasteiger partial charge in [-0.05, 0) is 43.4 Å². The third-order valence-electron chi connectivity index (χ3n) is 3.70.